The largest absolute Gasteiger partial charge is 0.455 e. The summed E-state index contributed by atoms with van der Waals surface area (Å²) in [4.78, 5) is 0. The molecule has 1 heterocycles. The lowest BCUT2D eigenvalue weighted by atomic mass is 9.96. The first-order valence-corrected chi connectivity index (χ1v) is 12.9. The zero-order chi connectivity index (χ0) is 24.8. The third-order valence-corrected chi connectivity index (χ3v) is 5.39. The van der Waals surface area contributed by atoms with Crippen molar-refractivity contribution in [3.63, 3.8) is 0 Å². The van der Waals surface area contributed by atoms with Crippen LogP contribution in [-0.4, -0.2) is 16.7 Å². The van der Waals surface area contributed by atoms with E-state index in [-0.39, 0.29) is 5.57 Å². The highest BCUT2D eigenvalue weighted by Gasteiger charge is 2.25. The standard InChI is InChI=1S/C28H16N2O.C2H6OS/c29-17-19(18-30)15-25-22-13-7-8-14-23(22)27-24(20-9-3-1-4-10-20)16-26(31-28(25)27)21-11-5-2-6-12-21;1-4(2)3/h1-16H;1-2H3. The Balaban J connectivity index is 0.000000672. The average Bonchev–Trinajstić information content (AvgIpc) is 3.20. The molecule has 0 saturated heterocycles. The second-order valence-electron chi connectivity index (χ2n) is 7.94. The van der Waals surface area contributed by atoms with Gasteiger partial charge in [-0.1, -0.05) is 84.9 Å². The number of hydrogen-bond acceptors (Lipinski definition) is 4. The molecule has 170 valence electrons. The van der Waals surface area contributed by atoms with E-state index in [9.17, 15) is 14.7 Å². The molecule has 0 N–H and O–H groups in total. The van der Waals surface area contributed by atoms with Crippen LogP contribution in [0.2, 0.25) is 0 Å². The molecule has 1 aliphatic carbocycles. The van der Waals surface area contributed by atoms with Gasteiger partial charge in [-0.2, -0.15) is 10.5 Å². The van der Waals surface area contributed by atoms with E-state index in [2.05, 4.69) is 24.3 Å². The summed E-state index contributed by atoms with van der Waals surface area (Å²) in [6.07, 6.45) is 4.90. The molecular formula is C30H22N2O2S. The molecule has 0 spiro atoms. The summed E-state index contributed by atoms with van der Waals surface area (Å²) in [5, 5.41) is 20.7. The highest BCUT2D eigenvalue weighted by Crippen LogP contribution is 2.47. The van der Waals surface area contributed by atoms with Gasteiger partial charge in [-0.05, 0) is 34.0 Å². The summed E-state index contributed by atoms with van der Waals surface area (Å²) >= 11 is 0. The fourth-order valence-electron chi connectivity index (χ4n) is 4.00. The van der Waals surface area contributed by atoms with Crippen molar-refractivity contribution in [3.8, 4) is 45.9 Å². The van der Waals surface area contributed by atoms with Gasteiger partial charge >= 0.3 is 0 Å². The zero-order valence-electron chi connectivity index (χ0n) is 19.4. The van der Waals surface area contributed by atoms with Crippen molar-refractivity contribution in [3.05, 3.63) is 102 Å². The first kappa shape index (κ1) is 23.7. The molecule has 3 aromatic rings. The van der Waals surface area contributed by atoms with Gasteiger partial charge in [-0.25, -0.2) is 0 Å². The Morgan fingerprint density at radius 2 is 1.31 bits per heavy atom. The van der Waals surface area contributed by atoms with E-state index in [4.69, 9.17) is 4.42 Å². The van der Waals surface area contributed by atoms with Gasteiger partial charge in [0.15, 0.2) is 0 Å². The van der Waals surface area contributed by atoms with E-state index in [0.29, 0.717) is 5.76 Å². The lowest BCUT2D eigenvalue weighted by molar-refractivity contribution is 0.583. The van der Waals surface area contributed by atoms with Crippen LogP contribution in [0.3, 0.4) is 0 Å². The van der Waals surface area contributed by atoms with E-state index >= 15 is 0 Å². The molecule has 2 aliphatic rings. The second kappa shape index (κ2) is 10.7. The van der Waals surface area contributed by atoms with Gasteiger partial charge in [0.2, 0.25) is 0 Å². The average molecular weight is 475 g/mol. The molecule has 0 saturated carbocycles. The molecule has 5 heteroatoms. The van der Waals surface area contributed by atoms with Crippen LogP contribution in [0, 0.1) is 22.7 Å². The van der Waals surface area contributed by atoms with Crippen LogP contribution in [0.1, 0.15) is 5.56 Å². The van der Waals surface area contributed by atoms with Gasteiger partial charge in [-0.3, -0.25) is 4.21 Å². The summed E-state index contributed by atoms with van der Waals surface area (Å²) in [6, 6.07) is 34.1. The number of benzene rings is 3. The van der Waals surface area contributed by atoms with Crippen molar-refractivity contribution in [2.24, 2.45) is 0 Å². The summed E-state index contributed by atoms with van der Waals surface area (Å²) in [6.45, 7) is 0. The van der Waals surface area contributed by atoms with Crippen molar-refractivity contribution in [2.75, 3.05) is 12.5 Å². The Kier molecular flexibility index (Phi) is 7.21. The van der Waals surface area contributed by atoms with Gasteiger partial charge in [0.1, 0.15) is 29.2 Å². The molecule has 0 amide bonds. The Morgan fingerprint density at radius 3 is 1.89 bits per heavy atom. The fourth-order valence-corrected chi connectivity index (χ4v) is 4.00. The Morgan fingerprint density at radius 1 is 0.800 bits per heavy atom. The van der Waals surface area contributed by atoms with Crippen molar-refractivity contribution in [1.29, 1.82) is 10.5 Å². The summed E-state index contributed by atoms with van der Waals surface area (Å²) in [5.41, 5.74) is 4.85. The van der Waals surface area contributed by atoms with E-state index in [0.717, 1.165) is 44.3 Å². The van der Waals surface area contributed by atoms with Crippen LogP contribution in [0.25, 0.3) is 50.6 Å². The monoisotopic (exact) mass is 474 g/mol. The van der Waals surface area contributed by atoms with Crippen LogP contribution in [0.4, 0.5) is 0 Å². The number of rotatable bonds is 3. The number of nitriles is 2. The molecule has 0 fully saturated rings. The molecule has 0 radical (unpaired) electrons. The van der Waals surface area contributed by atoms with Gasteiger partial charge in [0.05, 0.1) is 0 Å². The van der Waals surface area contributed by atoms with Crippen molar-refractivity contribution in [2.45, 2.75) is 0 Å². The lowest BCUT2D eigenvalue weighted by Crippen LogP contribution is -1.89. The number of allylic oxidation sites excluding steroid dienone is 1. The Bertz CT molecular complexity index is 1570. The molecule has 5 rings (SSSR count). The zero-order valence-corrected chi connectivity index (χ0v) is 20.2. The van der Waals surface area contributed by atoms with E-state index in [1.807, 2.05) is 78.9 Å². The molecule has 0 bridgehead atoms. The third kappa shape index (κ3) is 5.06. The predicted octanol–water partition coefficient (Wildman–Crippen LogP) is 7.30. The molecule has 0 unspecified atom stereocenters. The van der Waals surface area contributed by atoms with Gasteiger partial charge in [0, 0.05) is 40.0 Å². The summed E-state index contributed by atoms with van der Waals surface area (Å²) in [5.74, 6) is 1.40. The maximum absolute atomic E-state index is 9.56. The van der Waals surface area contributed by atoms with E-state index in [1.165, 1.54) is 0 Å². The molecule has 0 atom stereocenters. The SMILES string of the molecule is CS(C)=O.N#CC(C#N)=Cc1c2oc(-c3ccccc3)cc(-c3ccccc3)c-2c2ccccc12. The van der Waals surface area contributed by atoms with Crippen molar-refractivity contribution in [1.82, 2.24) is 0 Å². The smallest absolute Gasteiger partial charge is 0.143 e. The highest BCUT2D eigenvalue weighted by atomic mass is 32.2. The topological polar surface area (TPSA) is 77.8 Å². The van der Waals surface area contributed by atoms with E-state index in [1.54, 1.807) is 18.6 Å². The molecule has 0 aromatic heterocycles. The number of hydrogen-bond donors (Lipinski definition) is 0. The Labute approximate surface area is 207 Å². The first-order valence-electron chi connectivity index (χ1n) is 10.9. The molecule has 3 aromatic carbocycles. The third-order valence-electron chi connectivity index (χ3n) is 5.39. The van der Waals surface area contributed by atoms with Crippen molar-refractivity contribution >= 4 is 27.6 Å². The van der Waals surface area contributed by atoms with Gasteiger partial charge in [-0.15, -0.1) is 0 Å². The summed E-state index contributed by atoms with van der Waals surface area (Å²) < 4.78 is 16.0. The minimum absolute atomic E-state index is 0.0410. The molecule has 1 aliphatic heterocycles. The second-order valence-corrected chi connectivity index (χ2v) is 9.43. The lowest BCUT2D eigenvalue weighted by Gasteiger charge is -2.13. The molecular weight excluding hydrogens is 452 g/mol. The minimum atomic E-state index is -0.611. The van der Waals surface area contributed by atoms with Crippen LogP contribution in [-0.2, 0) is 10.8 Å². The van der Waals surface area contributed by atoms with Gasteiger partial charge < -0.3 is 4.42 Å². The van der Waals surface area contributed by atoms with Crippen molar-refractivity contribution < 1.29 is 8.63 Å². The normalized spacial score (nSPS) is 10.3. The minimum Gasteiger partial charge on any atom is -0.455 e. The van der Waals surface area contributed by atoms with Crippen LogP contribution in [0.5, 0.6) is 0 Å². The van der Waals surface area contributed by atoms with Crippen LogP contribution in [0.15, 0.2) is 101 Å². The van der Waals surface area contributed by atoms with Gasteiger partial charge in [0.25, 0.3) is 0 Å². The quantitative estimate of drug-likeness (QED) is 0.257. The first-order chi connectivity index (χ1) is 17.0. The van der Waals surface area contributed by atoms with E-state index < -0.39 is 10.8 Å². The summed E-state index contributed by atoms with van der Waals surface area (Å²) in [7, 11) is -0.611. The van der Waals surface area contributed by atoms with Crippen LogP contribution >= 0.6 is 0 Å². The number of nitrogens with zero attached hydrogens (tertiary/aromatic N) is 2. The fraction of sp³-hybridized carbons (Fsp3) is 0.0667. The molecule has 4 nitrogen and oxygen atoms in total. The highest BCUT2D eigenvalue weighted by molar-refractivity contribution is 7.83. The predicted molar refractivity (Wildman–Crippen MR) is 143 cm³/mol. The van der Waals surface area contributed by atoms with Crippen LogP contribution < -0.4 is 0 Å². The Hall–Kier alpha value is -4.45. The maximum atomic E-state index is 9.56. The number of fused-ring (bicyclic) bond motifs is 3. The maximum Gasteiger partial charge on any atom is 0.143 e. The molecule has 35 heavy (non-hydrogen) atoms.